The number of nitrogens with zero attached hydrogens (tertiary/aromatic N) is 1. The Hall–Kier alpha value is -2.17. The van der Waals surface area contributed by atoms with Crippen LogP contribution in [-0.4, -0.2) is 16.1 Å². The largest absolute Gasteiger partial charge is 0.326 e. The van der Waals surface area contributed by atoms with Crippen LogP contribution in [0.5, 0.6) is 0 Å². The van der Waals surface area contributed by atoms with Gasteiger partial charge in [0.2, 0.25) is 5.91 Å². The number of amides is 2. The lowest BCUT2D eigenvalue weighted by Crippen LogP contribution is -2.18. The molecular weight excluding hydrogens is 575 g/mol. The van der Waals surface area contributed by atoms with E-state index in [9.17, 15) is 14.9 Å². The summed E-state index contributed by atoms with van der Waals surface area (Å²) in [5.74, 6) is -2.33. The number of carbonyl (C=O) groups excluding carboxylic acids is 2. The van der Waals surface area contributed by atoms with Crippen LogP contribution in [0.2, 0.25) is 20.1 Å². The topological polar surface area (TPSA) is 82.0 Å². The number of benzene rings is 3. The lowest BCUT2D eigenvalue weighted by molar-refractivity contribution is -0.117. The standard InChI is InChI=1S/C24H13Cl6N3O2/c25-13-1-4-19(12(7-13)10-31)33-22(34)17-9-16(2-3-18(17)28)32-23(35)21-20(24(21,29)30)11-5-14(26)8-15(27)6-11/h1-9,20-21H,(H,32,35)(H,33,34)/t20-,21+/m0/s1. The Kier molecular flexibility index (Phi) is 7.45. The maximum atomic E-state index is 13.0. The monoisotopic (exact) mass is 585 g/mol. The normalized spacial score (nSPS) is 17.9. The highest BCUT2D eigenvalue weighted by Crippen LogP contribution is 2.65. The fourth-order valence-electron chi connectivity index (χ4n) is 3.73. The van der Waals surface area contributed by atoms with E-state index in [1.807, 2.05) is 6.07 Å². The molecule has 35 heavy (non-hydrogen) atoms. The molecule has 2 N–H and O–H groups in total. The first-order valence-electron chi connectivity index (χ1n) is 9.96. The van der Waals surface area contributed by atoms with Crippen LogP contribution in [0.15, 0.2) is 54.6 Å². The molecule has 0 unspecified atom stereocenters. The molecule has 2 amide bonds. The molecule has 11 heteroatoms. The minimum absolute atomic E-state index is 0.0836. The summed E-state index contributed by atoms with van der Waals surface area (Å²) in [5, 5.41) is 15.9. The molecule has 3 aromatic rings. The number of hydrogen-bond acceptors (Lipinski definition) is 3. The van der Waals surface area contributed by atoms with Crippen LogP contribution >= 0.6 is 69.6 Å². The molecule has 5 nitrogen and oxygen atoms in total. The summed E-state index contributed by atoms with van der Waals surface area (Å²) < 4.78 is -1.35. The first-order chi connectivity index (χ1) is 16.5. The average molecular weight is 588 g/mol. The summed E-state index contributed by atoms with van der Waals surface area (Å²) in [7, 11) is 0. The van der Waals surface area contributed by atoms with Gasteiger partial charge >= 0.3 is 0 Å². The van der Waals surface area contributed by atoms with E-state index in [1.54, 1.807) is 24.3 Å². The van der Waals surface area contributed by atoms with Crippen LogP contribution in [0.3, 0.4) is 0 Å². The third kappa shape index (κ3) is 5.49. The summed E-state index contributed by atoms with van der Waals surface area (Å²) in [4.78, 5) is 25.8. The van der Waals surface area contributed by atoms with E-state index in [4.69, 9.17) is 69.6 Å². The van der Waals surface area contributed by atoms with Crippen LogP contribution in [-0.2, 0) is 4.79 Å². The van der Waals surface area contributed by atoms with Crippen LogP contribution in [0.1, 0.15) is 27.4 Å². The Labute approximate surface area is 230 Å². The molecule has 4 rings (SSSR count). The lowest BCUT2D eigenvalue weighted by atomic mass is 10.1. The highest BCUT2D eigenvalue weighted by Gasteiger charge is 2.67. The Morgan fingerprint density at radius 3 is 2.20 bits per heavy atom. The van der Waals surface area contributed by atoms with Crippen molar-refractivity contribution in [2.24, 2.45) is 5.92 Å². The fraction of sp³-hybridized carbons (Fsp3) is 0.125. The van der Waals surface area contributed by atoms with Gasteiger partial charge in [0.25, 0.3) is 5.91 Å². The zero-order chi connectivity index (χ0) is 25.5. The summed E-state index contributed by atoms with van der Waals surface area (Å²) in [6.45, 7) is 0. The molecule has 0 saturated heterocycles. The van der Waals surface area contributed by atoms with E-state index >= 15 is 0 Å². The number of hydrogen-bond donors (Lipinski definition) is 2. The highest BCUT2D eigenvalue weighted by molar-refractivity contribution is 6.53. The van der Waals surface area contributed by atoms with E-state index in [-0.39, 0.29) is 21.8 Å². The summed E-state index contributed by atoms with van der Waals surface area (Å²) >= 11 is 37.1. The Morgan fingerprint density at radius 2 is 1.54 bits per heavy atom. The molecule has 1 saturated carbocycles. The first kappa shape index (κ1) is 25.9. The molecule has 3 aromatic carbocycles. The molecule has 0 aliphatic heterocycles. The van der Waals surface area contributed by atoms with E-state index in [2.05, 4.69) is 10.6 Å². The third-order valence-electron chi connectivity index (χ3n) is 5.41. The predicted molar refractivity (Wildman–Crippen MR) is 141 cm³/mol. The predicted octanol–water partition coefficient (Wildman–Crippen LogP) is 7.95. The maximum absolute atomic E-state index is 13.0. The Balaban J connectivity index is 1.53. The van der Waals surface area contributed by atoms with Crippen molar-refractivity contribution >= 4 is 92.8 Å². The minimum Gasteiger partial charge on any atom is -0.326 e. The molecule has 0 bridgehead atoms. The van der Waals surface area contributed by atoms with E-state index in [0.717, 1.165) is 0 Å². The van der Waals surface area contributed by atoms with Crippen molar-refractivity contribution in [3.8, 4) is 6.07 Å². The molecule has 0 spiro atoms. The van der Waals surface area contributed by atoms with Crippen LogP contribution in [0.4, 0.5) is 11.4 Å². The molecule has 178 valence electrons. The van der Waals surface area contributed by atoms with E-state index in [0.29, 0.717) is 26.3 Å². The smallest absolute Gasteiger partial charge is 0.257 e. The summed E-state index contributed by atoms with van der Waals surface area (Å²) in [6, 6.07) is 15.7. The highest BCUT2D eigenvalue weighted by atomic mass is 35.5. The average Bonchev–Trinajstić information content (AvgIpc) is 3.37. The fourth-order valence-corrected chi connectivity index (χ4v) is 5.47. The van der Waals surface area contributed by atoms with Gasteiger partial charge in [-0.25, -0.2) is 0 Å². The molecule has 1 fully saturated rings. The van der Waals surface area contributed by atoms with Crippen molar-refractivity contribution in [1.29, 1.82) is 5.26 Å². The first-order valence-corrected chi connectivity index (χ1v) is 12.2. The van der Waals surface area contributed by atoms with Gasteiger partial charge in [0.1, 0.15) is 10.4 Å². The molecule has 1 aliphatic rings. The van der Waals surface area contributed by atoms with Gasteiger partial charge in [0, 0.05) is 26.7 Å². The maximum Gasteiger partial charge on any atom is 0.257 e. The van der Waals surface area contributed by atoms with Crippen molar-refractivity contribution in [3.05, 3.63) is 91.4 Å². The van der Waals surface area contributed by atoms with Crippen LogP contribution < -0.4 is 10.6 Å². The quantitative estimate of drug-likeness (QED) is 0.297. The van der Waals surface area contributed by atoms with E-state index < -0.39 is 28.0 Å². The Morgan fingerprint density at radius 1 is 0.857 bits per heavy atom. The SMILES string of the molecule is N#Cc1cc(Cl)ccc1NC(=O)c1cc(NC(=O)[C@H]2[C@H](c3cc(Cl)cc(Cl)c3)C2(Cl)Cl)ccc1Cl. The number of nitrogens with one attached hydrogen (secondary N) is 2. The summed E-state index contributed by atoms with van der Waals surface area (Å²) in [6.07, 6.45) is 0. The number of anilines is 2. The molecular formula is C24H13Cl6N3O2. The molecule has 0 heterocycles. The molecule has 0 aromatic heterocycles. The van der Waals surface area contributed by atoms with Gasteiger partial charge < -0.3 is 10.6 Å². The number of alkyl halides is 2. The second kappa shape index (κ2) is 10.1. The van der Waals surface area contributed by atoms with Crippen molar-refractivity contribution in [3.63, 3.8) is 0 Å². The van der Waals surface area contributed by atoms with Crippen molar-refractivity contribution in [2.45, 2.75) is 10.3 Å². The van der Waals surface area contributed by atoms with Crippen molar-refractivity contribution < 1.29 is 9.59 Å². The van der Waals surface area contributed by atoms with Gasteiger partial charge in [-0.1, -0.05) is 46.4 Å². The second-order valence-electron chi connectivity index (χ2n) is 7.77. The van der Waals surface area contributed by atoms with Gasteiger partial charge in [0.05, 0.1) is 27.8 Å². The number of rotatable bonds is 5. The number of carbonyl (C=O) groups is 2. The van der Waals surface area contributed by atoms with Gasteiger partial charge in [-0.2, -0.15) is 5.26 Å². The van der Waals surface area contributed by atoms with Crippen molar-refractivity contribution in [2.75, 3.05) is 10.6 Å². The van der Waals surface area contributed by atoms with Crippen LogP contribution in [0, 0.1) is 17.2 Å². The number of halogens is 6. The van der Waals surface area contributed by atoms with Gasteiger partial charge in [-0.3, -0.25) is 9.59 Å². The lowest BCUT2D eigenvalue weighted by Gasteiger charge is -2.11. The van der Waals surface area contributed by atoms with Gasteiger partial charge in [0.15, 0.2) is 0 Å². The third-order valence-corrected chi connectivity index (χ3v) is 7.35. The van der Waals surface area contributed by atoms with Gasteiger partial charge in [-0.05, 0) is 60.2 Å². The van der Waals surface area contributed by atoms with E-state index in [1.165, 1.54) is 30.3 Å². The zero-order valence-electron chi connectivity index (χ0n) is 17.4. The molecule has 1 aliphatic carbocycles. The minimum atomic E-state index is -1.35. The zero-order valence-corrected chi connectivity index (χ0v) is 21.9. The number of nitriles is 1. The Bertz CT molecular complexity index is 1380. The molecule has 0 radical (unpaired) electrons. The second-order valence-corrected chi connectivity index (χ2v) is 10.9. The van der Waals surface area contributed by atoms with Gasteiger partial charge in [-0.15, -0.1) is 23.2 Å². The van der Waals surface area contributed by atoms with Crippen molar-refractivity contribution in [1.82, 2.24) is 0 Å². The van der Waals surface area contributed by atoms with Crippen LogP contribution in [0.25, 0.3) is 0 Å². The summed E-state index contributed by atoms with van der Waals surface area (Å²) in [5.41, 5.74) is 1.48. The molecule has 2 atom stereocenters.